The fraction of sp³-hybridized carbons (Fsp3) is 0.333. The van der Waals surface area contributed by atoms with Gasteiger partial charge in [-0.15, -0.1) is 0 Å². The number of carboxylic acids is 1. The minimum Gasteiger partial charge on any atom is -0.481 e. The van der Waals surface area contributed by atoms with Crippen molar-refractivity contribution in [3.8, 4) is 0 Å². The van der Waals surface area contributed by atoms with E-state index < -0.39 is 11.8 Å². The molecule has 1 aromatic carbocycles. The molecule has 20 heavy (non-hydrogen) atoms. The molecule has 0 aliphatic heterocycles. The molecule has 106 valence electrons. The van der Waals surface area contributed by atoms with E-state index in [2.05, 4.69) is 11.4 Å². The summed E-state index contributed by atoms with van der Waals surface area (Å²) in [5, 5.41) is 11.3. The van der Waals surface area contributed by atoms with Gasteiger partial charge in [-0.05, 0) is 36.5 Å². The number of aliphatic carboxylic acids is 1. The zero-order valence-corrected chi connectivity index (χ0v) is 10.9. The largest absolute Gasteiger partial charge is 0.481 e. The summed E-state index contributed by atoms with van der Waals surface area (Å²) in [7, 11) is 0. The van der Waals surface area contributed by atoms with Crippen molar-refractivity contribution in [3.05, 3.63) is 41.7 Å². The molecular weight excluding hydrogens is 261 g/mol. The van der Waals surface area contributed by atoms with Crippen LogP contribution in [-0.4, -0.2) is 17.0 Å². The van der Waals surface area contributed by atoms with Crippen LogP contribution < -0.4 is 5.32 Å². The molecule has 2 N–H and O–H groups in total. The zero-order chi connectivity index (χ0) is 14.5. The molecule has 1 unspecified atom stereocenters. The molecule has 0 saturated carbocycles. The summed E-state index contributed by atoms with van der Waals surface area (Å²) in [5.74, 6) is -1.61. The Balaban J connectivity index is 1.95. The predicted molar refractivity (Wildman–Crippen MR) is 72.9 cm³/mol. The van der Waals surface area contributed by atoms with E-state index in [-0.39, 0.29) is 23.8 Å². The molecule has 5 heteroatoms. The smallest absolute Gasteiger partial charge is 0.307 e. The van der Waals surface area contributed by atoms with Crippen molar-refractivity contribution in [2.24, 2.45) is 5.92 Å². The Kier molecular flexibility index (Phi) is 4.50. The minimum atomic E-state index is -1.09. The topological polar surface area (TPSA) is 66.4 Å². The highest BCUT2D eigenvalue weighted by Gasteiger charge is 2.15. The Labute approximate surface area is 116 Å². The summed E-state index contributed by atoms with van der Waals surface area (Å²) in [6, 6.07) is 4.05. The van der Waals surface area contributed by atoms with E-state index in [1.54, 1.807) is 0 Å². The van der Waals surface area contributed by atoms with Gasteiger partial charge in [0.2, 0.25) is 5.91 Å². The second-order valence-corrected chi connectivity index (χ2v) is 4.89. The molecular formula is C15H16FNO3. The zero-order valence-electron chi connectivity index (χ0n) is 10.9. The molecule has 1 atom stereocenters. The van der Waals surface area contributed by atoms with Crippen molar-refractivity contribution < 1.29 is 19.1 Å². The number of allylic oxidation sites excluding steroid dienone is 2. The van der Waals surface area contributed by atoms with Crippen LogP contribution >= 0.6 is 0 Å². The third-order valence-corrected chi connectivity index (χ3v) is 3.24. The first-order valence-electron chi connectivity index (χ1n) is 6.51. The Morgan fingerprint density at radius 1 is 1.40 bits per heavy atom. The number of rotatable bonds is 5. The van der Waals surface area contributed by atoms with Gasteiger partial charge in [0.15, 0.2) is 0 Å². The molecule has 1 amide bonds. The van der Waals surface area contributed by atoms with Crippen molar-refractivity contribution in [1.82, 2.24) is 0 Å². The molecule has 1 aromatic rings. The number of carboxylic acid groups (broad SMARTS) is 1. The summed E-state index contributed by atoms with van der Waals surface area (Å²) < 4.78 is 13.6. The highest BCUT2D eigenvalue weighted by molar-refractivity contribution is 5.91. The van der Waals surface area contributed by atoms with E-state index in [1.807, 2.05) is 6.08 Å². The van der Waals surface area contributed by atoms with Crippen molar-refractivity contribution >= 4 is 17.6 Å². The molecule has 0 aromatic heterocycles. The van der Waals surface area contributed by atoms with Gasteiger partial charge in [-0.1, -0.05) is 18.2 Å². The maximum absolute atomic E-state index is 13.6. The highest BCUT2D eigenvalue weighted by Crippen LogP contribution is 2.21. The van der Waals surface area contributed by atoms with Gasteiger partial charge in [0.25, 0.3) is 0 Å². The third-order valence-electron chi connectivity index (χ3n) is 3.24. The highest BCUT2D eigenvalue weighted by atomic mass is 19.1. The number of nitrogens with one attached hydrogen (secondary N) is 1. The third kappa shape index (κ3) is 3.91. The lowest BCUT2D eigenvalue weighted by molar-refractivity contribution is -0.136. The quantitative estimate of drug-likeness (QED) is 0.813. The average Bonchev–Trinajstić information content (AvgIpc) is 2.85. The first-order chi connectivity index (χ1) is 9.54. The van der Waals surface area contributed by atoms with E-state index in [0.29, 0.717) is 12.1 Å². The van der Waals surface area contributed by atoms with Crippen LogP contribution in [0.3, 0.4) is 0 Å². The van der Waals surface area contributed by atoms with E-state index in [1.165, 1.54) is 12.1 Å². The average molecular weight is 277 g/mol. The van der Waals surface area contributed by atoms with Crippen molar-refractivity contribution in [2.45, 2.75) is 25.7 Å². The van der Waals surface area contributed by atoms with Crippen LogP contribution in [0.5, 0.6) is 0 Å². The molecule has 1 aliphatic carbocycles. The van der Waals surface area contributed by atoms with Crippen LogP contribution in [0.25, 0.3) is 0 Å². The van der Waals surface area contributed by atoms with E-state index in [9.17, 15) is 14.0 Å². The molecule has 0 saturated heterocycles. The lowest BCUT2D eigenvalue weighted by Gasteiger charge is -2.09. The normalized spacial score (nSPS) is 17.1. The van der Waals surface area contributed by atoms with E-state index in [4.69, 9.17) is 5.11 Å². The number of carbonyl (C=O) groups is 2. The van der Waals surface area contributed by atoms with E-state index >= 15 is 0 Å². The van der Waals surface area contributed by atoms with Gasteiger partial charge in [0.1, 0.15) is 5.82 Å². The fourth-order valence-corrected chi connectivity index (χ4v) is 2.25. The predicted octanol–water partition coefficient (Wildman–Crippen LogP) is 2.75. The molecule has 0 fully saturated rings. The Bertz CT molecular complexity index is 554. The van der Waals surface area contributed by atoms with Gasteiger partial charge in [0, 0.05) is 12.1 Å². The molecule has 1 aliphatic rings. The standard InChI is InChI=1S/C15H16FNO3/c16-13-9-12(6-5-11(13)8-15(19)20)17-14(18)7-10-3-1-2-4-10/h1,3,5-6,9-10H,2,4,7-8H2,(H,17,18)(H,19,20). The number of anilines is 1. The second-order valence-electron chi connectivity index (χ2n) is 4.89. The van der Waals surface area contributed by atoms with Crippen LogP contribution in [0.2, 0.25) is 0 Å². The molecule has 0 spiro atoms. The minimum absolute atomic E-state index is 0.106. The first-order valence-corrected chi connectivity index (χ1v) is 6.51. The Morgan fingerprint density at radius 2 is 2.20 bits per heavy atom. The number of benzene rings is 1. The molecule has 0 heterocycles. The van der Waals surface area contributed by atoms with Gasteiger partial charge >= 0.3 is 5.97 Å². The Hall–Kier alpha value is -2.17. The van der Waals surface area contributed by atoms with Gasteiger partial charge in [-0.2, -0.15) is 0 Å². The molecule has 0 bridgehead atoms. The van der Waals surface area contributed by atoms with Crippen molar-refractivity contribution in [3.63, 3.8) is 0 Å². The summed E-state index contributed by atoms with van der Waals surface area (Å²) >= 11 is 0. The molecule has 2 rings (SSSR count). The molecule has 4 nitrogen and oxygen atoms in total. The van der Waals surface area contributed by atoms with Gasteiger partial charge in [-0.25, -0.2) is 4.39 Å². The van der Waals surface area contributed by atoms with Gasteiger partial charge < -0.3 is 10.4 Å². The fourth-order valence-electron chi connectivity index (χ4n) is 2.25. The summed E-state index contributed by atoms with van der Waals surface area (Å²) in [5.41, 5.74) is 0.456. The van der Waals surface area contributed by atoms with Crippen molar-refractivity contribution in [1.29, 1.82) is 0 Å². The number of amides is 1. The monoisotopic (exact) mass is 277 g/mol. The summed E-state index contributed by atoms with van der Waals surface area (Å²) in [6.45, 7) is 0. The van der Waals surface area contributed by atoms with Gasteiger partial charge in [0.05, 0.1) is 6.42 Å². The maximum Gasteiger partial charge on any atom is 0.307 e. The van der Waals surface area contributed by atoms with Crippen LogP contribution in [0.15, 0.2) is 30.4 Å². The number of carbonyl (C=O) groups excluding carboxylic acids is 1. The lowest BCUT2D eigenvalue weighted by Crippen LogP contribution is -2.15. The molecule has 0 radical (unpaired) electrons. The second kappa shape index (κ2) is 6.32. The number of hydrogen-bond acceptors (Lipinski definition) is 2. The number of hydrogen-bond donors (Lipinski definition) is 2. The Morgan fingerprint density at radius 3 is 2.80 bits per heavy atom. The van der Waals surface area contributed by atoms with E-state index in [0.717, 1.165) is 18.9 Å². The maximum atomic E-state index is 13.6. The van der Waals surface area contributed by atoms with Crippen LogP contribution in [0, 0.1) is 11.7 Å². The summed E-state index contributed by atoms with van der Waals surface area (Å²) in [6.07, 6.45) is 6.06. The van der Waals surface area contributed by atoms with Crippen LogP contribution in [0.1, 0.15) is 24.8 Å². The van der Waals surface area contributed by atoms with Gasteiger partial charge in [-0.3, -0.25) is 9.59 Å². The summed E-state index contributed by atoms with van der Waals surface area (Å²) in [4.78, 5) is 22.3. The number of halogens is 1. The van der Waals surface area contributed by atoms with Crippen LogP contribution in [0.4, 0.5) is 10.1 Å². The van der Waals surface area contributed by atoms with Crippen LogP contribution in [-0.2, 0) is 16.0 Å². The SMILES string of the molecule is O=C(O)Cc1ccc(NC(=O)CC2C=CCC2)cc1F. The lowest BCUT2D eigenvalue weighted by atomic mass is 10.0. The first kappa shape index (κ1) is 14.2. The van der Waals surface area contributed by atoms with Crippen molar-refractivity contribution in [2.75, 3.05) is 5.32 Å².